The number of carbonyl (C=O) groups excluding carboxylic acids is 2. The molecule has 1 aliphatic heterocycles. The molecule has 1 saturated carbocycles. The Balaban J connectivity index is 1.44. The van der Waals surface area contributed by atoms with Gasteiger partial charge in [-0.1, -0.05) is 18.2 Å². The molecule has 7 nitrogen and oxygen atoms in total. The van der Waals surface area contributed by atoms with Crippen LogP contribution in [-0.4, -0.2) is 45.6 Å². The van der Waals surface area contributed by atoms with Crippen molar-refractivity contribution in [2.75, 3.05) is 19.3 Å². The second-order valence-corrected chi connectivity index (χ2v) is 11.2. The van der Waals surface area contributed by atoms with Crippen LogP contribution in [-0.2, 0) is 11.3 Å². The lowest BCUT2D eigenvalue weighted by Gasteiger charge is -2.56. The Morgan fingerprint density at radius 3 is 2.56 bits per heavy atom. The van der Waals surface area contributed by atoms with Gasteiger partial charge in [-0.15, -0.1) is 11.8 Å². The third-order valence-electron chi connectivity index (χ3n) is 8.27. The fourth-order valence-corrected chi connectivity index (χ4v) is 7.34. The number of piperidine rings is 2. The maximum Gasteiger partial charge on any atom is 0.254 e. The number of hydrogen-bond donors (Lipinski definition) is 2. The molecule has 0 spiro atoms. The van der Waals surface area contributed by atoms with Gasteiger partial charge in [-0.2, -0.15) is 0 Å². The molecule has 1 aliphatic carbocycles. The van der Waals surface area contributed by atoms with Crippen molar-refractivity contribution in [3.8, 4) is 0 Å². The lowest BCUT2D eigenvalue weighted by molar-refractivity contribution is -0.141. The number of likely N-dealkylation sites (tertiary alicyclic amines) is 1. The van der Waals surface area contributed by atoms with Crippen LogP contribution < -0.4 is 10.9 Å². The van der Waals surface area contributed by atoms with Crippen LogP contribution in [0.4, 0.5) is 0 Å². The van der Waals surface area contributed by atoms with Crippen LogP contribution in [0.2, 0.25) is 0 Å². The summed E-state index contributed by atoms with van der Waals surface area (Å²) in [5.74, 6) is 1.48. The number of para-hydroxylation sites is 1. The third kappa shape index (κ3) is 4.05. The first-order valence-corrected chi connectivity index (χ1v) is 13.8. The first kappa shape index (κ1) is 24.7. The molecule has 2 bridgehead atoms. The number of carbonyl (C=O) groups is 2. The number of benzene rings is 1. The summed E-state index contributed by atoms with van der Waals surface area (Å²) in [5, 5.41) is 3.95. The molecule has 3 unspecified atom stereocenters. The van der Waals surface area contributed by atoms with Crippen LogP contribution in [0.5, 0.6) is 0 Å². The van der Waals surface area contributed by atoms with Gasteiger partial charge in [-0.05, 0) is 63.3 Å². The van der Waals surface area contributed by atoms with E-state index in [4.69, 9.17) is 0 Å². The summed E-state index contributed by atoms with van der Waals surface area (Å²) in [6.07, 6.45) is 3.11. The number of aromatic nitrogens is 2. The SMILES string of the molecule is CSc1cc(C)[nH]c(=O)c1CNC(=O)c1c(C)n(C(C)C2C3CC2CN(C(C)=O)C3)c2ccccc12. The van der Waals surface area contributed by atoms with Crippen LogP contribution in [0.1, 0.15) is 53.6 Å². The summed E-state index contributed by atoms with van der Waals surface area (Å²) in [7, 11) is 0. The molecule has 1 aromatic carbocycles. The fourth-order valence-electron chi connectivity index (χ4n) is 6.64. The van der Waals surface area contributed by atoms with E-state index in [9.17, 15) is 14.4 Å². The van der Waals surface area contributed by atoms with Gasteiger partial charge in [0.05, 0.1) is 5.56 Å². The number of hydrogen-bond acceptors (Lipinski definition) is 4. The Bertz CT molecular complexity index is 1400. The number of amides is 2. The van der Waals surface area contributed by atoms with Crippen molar-refractivity contribution in [3.05, 3.63) is 63.2 Å². The van der Waals surface area contributed by atoms with Gasteiger partial charge in [0, 0.05) is 65.3 Å². The van der Waals surface area contributed by atoms with Crippen molar-refractivity contribution in [2.45, 2.75) is 51.6 Å². The van der Waals surface area contributed by atoms with E-state index in [0.29, 0.717) is 28.9 Å². The topological polar surface area (TPSA) is 87.2 Å². The van der Waals surface area contributed by atoms with Gasteiger partial charge in [-0.3, -0.25) is 14.4 Å². The molecule has 190 valence electrons. The Labute approximate surface area is 215 Å². The molecule has 8 heteroatoms. The number of H-pyrrole nitrogens is 1. The van der Waals surface area contributed by atoms with Crippen LogP contribution in [0, 0.1) is 31.6 Å². The molecule has 2 amide bonds. The molecule has 36 heavy (non-hydrogen) atoms. The molecule has 3 aromatic rings. The second-order valence-electron chi connectivity index (χ2n) is 10.4. The van der Waals surface area contributed by atoms with Crippen molar-refractivity contribution in [1.82, 2.24) is 19.8 Å². The largest absolute Gasteiger partial charge is 0.348 e. The van der Waals surface area contributed by atoms with Crippen molar-refractivity contribution < 1.29 is 9.59 Å². The predicted octanol–water partition coefficient (Wildman–Crippen LogP) is 4.27. The first-order valence-electron chi connectivity index (χ1n) is 12.6. The maximum absolute atomic E-state index is 13.5. The average molecular weight is 507 g/mol. The summed E-state index contributed by atoms with van der Waals surface area (Å²) in [6, 6.07) is 10.2. The molecule has 0 radical (unpaired) electrons. The van der Waals surface area contributed by atoms with E-state index in [-0.39, 0.29) is 30.0 Å². The highest BCUT2D eigenvalue weighted by Crippen LogP contribution is 2.51. The number of rotatable bonds is 6. The van der Waals surface area contributed by atoms with Crippen LogP contribution in [0.15, 0.2) is 40.0 Å². The number of aryl methyl sites for hydroxylation is 1. The van der Waals surface area contributed by atoms with Gasteiger partial charge in [0.25, 0.3) is 11.5 Å². The maximum atomic E-state index is 13.5. The van der Waals surface area contributed by atoms with E-state index < -0.39 is 0 Å². The van der Waals surface area contributed by atoms with Crippen molar-refractivity contribution >= 4 is 34.5 Å². The number of nitrogens with zero attached hydrogens (tertiary/aromatic N) is 2. The monoisotopic (exact) mass is 506 g/mol. The fraction of sp³-hybridized carbons (Fsp3) is 0.464. The van der Waals surface area contributed by atoms with Gasteiger partial charge in [0.1, 0.15) is 0 Å². The number of pyridine rings is 1. The zero-order valence-corrected chi connectivity index (χ0v) is 22.4. The Kier molecular flexibility index (Phi) is 6.49. The molecule has 2 aliphatic rings. The molecule has 3 atom stereocenters. The van der Waals surface area contributed by atoms with E-state index in [0.717, 1.165) is 40.3 Å². The van der Waals surface area contributed by atoms with E-state index >= 15 is 0 Å². The number of aromatic amines is 1. The summed E-state index contributed by atoms with van der Waals surface area (Å²) >= 11 is 1.51. The second kappa shape index (κ2) is 9.47. The number of thioether (sulfide) groups is 1. The first-order chi connectivity index (χ1) is 17.2. The Morgan fingerprint density at radius 1 is 1.19 bits per heavy atom. The van der Waals surface area contributed by atoms with Crippen LogP contribution in [0.25, 0.3) is 10.9 Å². The van der Waals surface area contributed by atoms with Gasteiger partial charge in [0.15, 0.2) is 0 Å². The minimum Gasteiger partial charge on any atom is -0.348 e. The zero-order valence-electron chi connectivity index (χ0n) is 21.6. The van der Waals surface area contributed by atoms with Crippen LogP contribution in [0.3, 0.4) is 0 Å². The zero-order chi connectivity index (χ0) is 25.7. The summed E-state index contributed by atoms with van der Waals surface area (Å²) < 4.78 is 2.32. The molecule has 3 heterocycles. The molecular weight excluding hydrogens is 472 g/mol. The molecule has 2 fully saturated rings. The van der Waals surface area contributed by atoms with E-state index in [2.05, 4.69) is 27.9 Å². The lowest BCUT2D eigenvalue weighted by atomic mass is 9.59. The standard InChI is InChI=1S/C28H34N4O3S/c1-15-10-24(36-5)22(27(34)30-15)12-29-28(35)26-17(3)32(23-9-7-6-8-21(23)26)16(2)25-19-11-20(25)14-31(13-19)18(4)33/h6-10,16,19-20,25H,11-14H2,1-5H3,(H,29,35)(H,30,34). The quantitative estimate of drug-likeness (QED) is 0.489. The molecule has 2 aromatic heterocycles. The minimum absolute atomic E-state index is 0.161. The minimum atomic E-state index is -0.168. The summed E-state index contributed by atoms with van der Waals surface area (Å²) in [5.41, 5.74) is 3.88. The lowest BCUT2D eigenvalue weighted by Crippen LogP contribution is -2.58. The summed E-state index contributed by atoms with van der Waals surface area (Å²) in [6.45, 7) is 9.62. The smallest absolute Gasteiger partial charge is 0.254 e. The highest BCUT2D eigenvalue weighted by molar-refractivity contribution is 7.98. The van der Waals surface area contributed by atoms with Gasteiger partial charge in [0.2, 0.25) is 5.91 Å². The normalized spacial score (nSPS) is 21.8. The van der Waals surface area contributed by atoms with Gasteiger partial charge >= 0.3 is 0 Å². The van der Waals surface area contributed by atoms with Crippen molar-refractivity contribution in [2.24, 2.45) is 17.8 Å². The highest BCUT2D eigenvalue weighted by atomic mass is 32.2. The van der Waals surface area contributed by atoms with E-state index in [1.54, 1.807) is 6.92 Å². The van der Waals surface area contributed by atoms with Gasteiger partial charge < -0.3 is 19.8 Å². The Hall–Kier alpha value is -3.00. The highest BCUT2D eigenvalue weighted by Gasteiger charge is 2.50. The van der Waals surface area contributed by atoms with E-state index in [1.807, 2.05) is 49.3 Å². The number of fused-ring (bicyclic) bond motifs is 3. The average Bonchev–Trinajstić information content (AvgIpc) is 3.14. The predicted molar refractivity (Wildman–Crippen MR) is 143 cm³/mol. The van der Waals surface area contributed by atoms with Crippen LogP contribution >= 0.6 is 11.8 Å². The van der Waals surface area contributed by atoms with Crippen molar-refractivity contribution in [1.29, 1.82) is 0 Å². The molecule has 2 N–H and O–H groups in total. The third-order valence-corrected chi connectivity index (χ3v) is 9.08. The van der Waals surface area contributed by atoms with Gasteiger partial charge in [-0.25, -0.2) is 0 Å². The Morgan fingerprint density at radius 2 is 1.89 bits per heavy atom. The number of nitrogens with one attached hydrogen (secondary N) is 2. The summed E-state index contributed by atoms with van der Waals surface area (Å²) in [4.78, 5) is 43.7. The molecular formula is C28H34N4O3S. The molecule has 5 rings (SSSR count). The van der Waals surface area contributed by atoms with Crippen molar-refractivity contribution in [3.63, 3.8) is 0 Å². The molecule has 1 saturated heterocycles. The van der Waals surface area contributed by atoms with E-state index in [1.165, 1.54) is 18.2 Å².